The number of nitrogens with one attached hydrogen (secondary N) is 1. The highest BCUT2D eigenvalue weighted by molar-refractivity contribution is 7.89. The predicted molar refractivity (Wildman–Crippen MR) is 162 cm³/mol. The maximum Gasteiger partial charge on any atom is 0.410 e. The van der Waals surface area contributed by atoms with Crippen LogP contribution in [0.25, 0.3) is 11.3 Å². The fourth-order valence-electron chi connectivity index (χ4n) is 5.03. The highest BCUT2D eigenvalue weighted by atomic mass is 32.2. The van der Waals surface area contributed by atoms with Crippen LogP contribution in [0.5, 0.6) is 5.75 Å². The average molecular weight is 631 g/mol. The van der Waals surface area contributed by atoms with Crippen molar-refractivity contribution in [2.75, 3.05) is 49.5 Å². The van der Waals surface area contributed by atoms with Crippen molar-refractivity contribution in [3.63, 3.8) is 0 Å². The number of ether oxygens (including phenoxy) is 2. The van der Waals surface area contributed by atoms with Gasteiger partial charge in [-0.15, -0.1) is 0 Å². The van der Waals surface area contributed by atoms with Crippen LogP contribution in [0.4, 0.5) is 30.9 Å². The minimum atomic E-state index is -3.81. The fraction of sp³-hybridized carbons (Fsp3) is 0.433. The molecule has 0 saturated carbocycles. The molecule has 5 rings (SSSR count). The summed E-state index contributed by atoms with van der Waals surface area (Å²) in [6, 6.07) is 8.90. The number of anilines is 3. The second-order valence-corrected chi connectivity index (χ2v) is 13.8. The molecule has 11 nitrogen and oxygen atoms in total. The summed E-state index contributed by atoms with van der Waals surface area (Å²) in [4.78, 5) is 24.2. The number of sulfonamides is 1. The Kier molecular flexibility index (Phi) is 8.67. The lowest BCUT2D eigenvalue weighted by Gasteiger charge is -2.35. The highest BCUT2D eigenvalue weighted by Crippen LogP contribution is 2.39. The van der Waals surface area contributed by atoms with Gasteiger partial charge >= 0.3 is 6.09 Å². The van der Waals surface area contributed by atoms with Crippen molar-refractivity contribution < 1.29 is 31.5 Å². The molecule has 1 aromatic heterocycles. The summed E-state index contributed by atoms with van der Waals surface area (Å²) in [5.74, 6) is -1.17. The van der Waals surface area contributed by atoms with Crippen LogP contribution in [-0.2, 0) is 14.8 Å². The van der Waals surface area contributed by atoms with Gasteiger partial charge in [0, 0.05) is 43.5 Å². The predicted octanol–water partition coefficient (Wildman–Crippen LogP) is 5.01. The van der Waals surface area contributed by atoms with Crippen LogP contribution in [0.2, 0.25) is 0 Å². The van der Waals surface area contributed by atoms with Gasteiger partial charge < -0.3 is 24.6 Å². The van der Waals surface area contributed by atoms with Crippen molar-refractivity contribution in [3.05, 3.63) is 54.2 Å². The van der Waals surface area contributed by atoms with Gasteiger partial charge in [0.15, 0.2) is 17.4 Å². The van der Waals surface area contributed by atoms with Crippen LogP contribution in [0, 0.1) is 11.6 Å². The fourth-order valence-corrected chi connectivity index (χ4v) is 6.45. The number of carbonyl (C=O) groups is 1. The molecule has 0 atom stereocenters. The van der Waals surface area contributed by atoms with E-state index >= 15 is 4.39 Å². The molecular weight excluding hydrogens is 594 g/mol. The zero-order valence-electron chi connectivity index (χ0n) is 25.3. The molecule has 0 aliphatic carbocycles. The molecule has 1 N–H and O–H groups in total. The molecule has 236 valence electrons. The van der Waals surface area contributed by atoms with Gasteiger partial charge in [0.05, 0.1) is 23.3 Å². The second kappa shape index (κ2) is 12.2. The first-order valence-electron chi connectivity index (χ1n) is 14.3. The van der Waals surface area contributed by atoms with Crippen LogP contribution in [-0.4, -0.2) is 84.7 Å². The number of nitrogens with zero attached hydrogens (tertiary/aromatic N) is 5. The van der Waals surface area contributed by atoms with Gasteiger partial charge in [0.1, 0.15) is 17.9 Å². The van der Waals surface area contributed by atoms with E-state index in [1.165, 1.54) is 27.4 Å². The molecule has 1 amide bonds. The van der Waals surface area contributed by atoms with Crippen LogP contribution < -0.4 is 15.0 Å². The molecular formula is C30H36F2N6O5S. The largest absolute Gasteiger partial charge is 0.486 e. The Morgan fingerprint density at radius 2 is 1.70 bits per heavy atom. The van der Waals surface area contributed by atoms with Gasteiger partial charge in [-0.1, -0.05) is 0 Å². The lowest BCUT2D eigenvalue weighted by molar-refractivity contribution is 0.0192. The normalized spacial score (nSPS) is 16.0. The molecule has 3 aromatic rings. The van der Waals surface area contributed by atoms with Crippen molar-refractivity contribution in [3.8, 4) is 17.0 Å². The van der Waals surface area contributed by atoms with Gasteiger partial charge in [-0.05, 0) is 71.0 Å². The van der Waals surface area contributed by atoms with Gasteiger partial charge in [-0.3, -0.25) is 0 Å². The summed E-state index contributed by atoms with van der Waals surface area (Å²) in [5, 5.41) is 2.96. The lowest BCUT2D eigenvalue weighted by Crippen LogP contribution is -2.51. The van der Waals surface area contributed by atoms with Crippen molar-refractivity contribution in [1.82, 2.24) is 19.2 Å². The number of halogens is 2. The molecule has 0 spiro atoms. The SMILES string of the molecule is CC(C)N1CCOc2c(F)cc(-c3nc(Nc4ccc(S(=O)(=O)N5CCN(C(=O)OC(C)(C)C)CC5)cc4)ncc3F)cc21. The van der Waals surface area contributed by atoms with Crippen molar-refractivity contribution in [2.45, 2.75) is 51.2 Å². The number of aromatic nitrogens is 2. The number of amides is 1. The molecule has 2 aliphatic rings. The molecule has 2 aromatic carbocycles. The van der Waals surface area contributed by atoms with E-state index in [0.717, 1.165) is 6.20 Å². The van der Waals surface area contributed by atoms with E-state index < -0.39 is 33.4 Å². The first kappa shape index (κ1) is 31.4. The summed E-state index contributed by atoms with van der Waals surface area (Å²) >= 11 is 0. The monoisotopic (exact) mass is 630 g/mol. The van der Waals surface area contributed by atoms with E-state index in [-0.39, 0.29) is 60.1 Å². The zero-order valence-corrected chi connectivity index (χ0v) is 26.1. The Bertz CT molecular complexity index is 1640. The van der Waals surface area contributed by atoms with Crippen LogP contribution >= 0.6 is 0 Å². The standard InChI is InChI=1S/C30H36F2N6O5S/c1-19(2)38-14-15-42-27-23(31)16-20(17-25(27)38)26-24(32)18-33-28(35-26)34-21-6-8-22(9-7-21)44(40,41)37-12-10-36(11-13-37)29(39)43-30(3,4)5/h6-9,16-19H,10-15H2,1-5H3,(H,33,34,35). The van der Waals surface area contributed by atoms with E-state index in [0.29, 0.717) is 24.5 Å². The third kappa shape index (κ3) is 6.70. The summed E-state index contributed by atoms with van der Waals surface area (Å²) in [6.45, 7) is 10.9. The third-order valence-corrected chi connectivity index (χ3v) is 9.10. The first-order chi connectivity index (χ1) is 20.7. The molecule has 1 saturated heterocycles. The van der Waals surface area contributed by atoms with E-state index in [2.05, 4.69) is 15.3 Å². The van der Waals surface area contributed by atoms with Crippen molar-refractivity contribution in [2.24, 2.45) is 0 Å². The summed E-state index contributed by atoms with van der Waals surface area (Å²) in [7, 11) is -3.81. The van der Waals surface area contributed by atoms with Crippen molar-refractivity contribution in [1.29, 1.82) is 0 Å². The number of fused-ring (bicyclic) bond motifs is 1. The molecule has 0 radical (unpaired) electrons. The van der Waals surface area contributed by atoms with Crippen molar-refractivity contribution >= 4 is 33.4 Å². The summed E-state index contributed by atoms with van der Waals surface area (Å²) in [6.07, 6.45) is 0.522. The molecule has 3 heterocycles. The molecule has 1 fully saturated rings. The Balaban J connectivity index is 1.29. The zero-order chi connectivity index (χ0) is 31.8. The van der Waals surface area contributed by atoms with E-state index in [1.807, 2.05) is 18.7 Å². The smallest absolute Gasteiger partial charge is 0.410 e. The van der Waals surface area contributed by atoms with Crippen LogP contribution in [0.3, 0.4) is 0 Å². The average Bonchev–Trinajstić information content (AvgIpc) is 2.97. The maximum absolute atomic E-state index is 15.0. The Labute approximate surface area is 255 Å². The van der Waals surface area contributed by atoms with E-state index in [4.69, 9.17) is 9.47 Å². The molecule has 2 aliphatic heterocycles. The molecule has 0 bridgehead atoms. The van der Waals surface area contributed by atoms with E-state index in [1.54, 1.807) is 39.0 Å². The quantitative estimate of drug-likeness (QED) is 0.401. The number of benzene rings is 2. The Morgan fingerprint density at radius 1 is 1.02 bits per heavy atom. The number of rotatable bonds is 6. The Hall–Kier alpha value is -4.04. The van der Waals surface area contributed by atoms with Gasteiger partial charge in [0.2, 0.25) is 16.0 Å². The van der Waals surface area contributed by atoms with Gasteiger partial charge in [0.25, 0.3) is 0 Å². The number of hydrogen-bond acceptors (Lipinski definition) is 9. The van der Waals surface area contributed by atoms with Crippen LogP contribution in [0.15, 0.2) is 47.5 Å². The summed E-state index contributed by atoms with van der Waals surface area (Å²) < 4.78 is 68.7. The first-order valence-corrected chi connectivity index (χ1v) is 15.8. The minimum Gasteiger partial charge on any atom is -0.486 e. The number of carbonyl (C=O) groups excluding carboxylic acids is 1. The highest BCUT2D eigenvalue weighted by Gasteiger charge is 2.32. The maximum atomic E-state index is 15.0. The minimum absolute atomic E-state index is 0.0466. The summed E-state index contributed by atoms with van der Waals surface area (Å²) in [5.41, 5.74) is 0.487. The van der Waals surface area contributed by atoms with Gasteiger partial charge in [-0.2, -0.15) is 4.31 Å². The lowest BCUT2D eigenvalue weighted by atomic mass is 10.1. The second-order valence-electron chi connectivity index (χ2n) is 11.9. The van der Waals surface area contributed by atoms with E-state index in [9.17, 15) is 17.6 Å². The molecule has 14 heteroatoms. The third-order valence-electron chi connectivity index (χ3n) is 7.19. The number of piperazine rings is 1. The Morgan fingerprint density at radius 3 is 2.34 bits per heavy atom. The molecule has 0 unspecified atom stereocenters. The molecule has 44 heavy (non-hydrogen) atoms. The topological polar surface area (TPSA) is 117 Å². The van der Waals surface area contributed by atoms with Crippen LogP contribution in [0.1, 0.15) is 34.6 Å². The van der Waals surface area contributed by atoms with Gasteiger partial charge in [-0.25, -0.2) is 32.0 Å². The number of hydrogen-bond donors (Lipinski definition) is 1.